The highest BCUT2D eigenvalue weighted by molar-refractivity contribution is 4.85. The van der Waals surface area contributed by atoms with Crippen LogP contribution >= 0.6 is 0 Å². The summed E-state index contributed by atoms with van der Waals surface area (Å²) in [6.07, 6.45) is 7.32. The molecule has 0 N–H and O–H groups in total. The summed E-state index contributed by atoms with van der Waals surface area (Å²) in [5.41, 5.74) is 0.621. The highest BCUT2D eigenvalue weighted by Crippen LogP contribution is 2.41. The minimum atomic E-state index is 0.621. The van der Waals surface area contributed by atoms with Crippen LogP contribution in [-0.4, -0.2) is 25.0 Å². The van der Waals surface area contributed by atoms with Gasteiger partial charge in [-0.2, -0.15) is 0 Å². The zero-order valence-electron chi connectivity index (χ0n) is 10.1. The molecule has 0 spiro atoms. The monoisotopic (exact) mass is 195 g/mol. The molecule has 2 rings (SSSR count). The van der Waals surface area contributed by atoms with Crippen LogP contribution in [0.25, 0.3) is 0 Å². The molecule has 1 saturated heterocycles. The van der Waals surface area contributed by atoms with Crippen LogP contribution in [0.2, 0.25) is 0 Å². The van der Waals surface area contributed by atoms with Crippen LogP contribution in [0.5, 0.6) is 0 Å². The fourth-order valence-electron chi connectivity index (χ4n) is 3.25. The summed E-state index contributed by atoms with van der Waals surface area (Å²) < 4.78 is 0. The third kappa shape index (κ3) is 2.31. The Morgan fingerprint density at radius 3 is 2.36 bits per heavy atom. The van der Waals surface area contributed by atoms with Gasteiger partial charge in [-0.3, -0.25) is 0 Å². The van der Waals surface area contributed by atoms with Gasteiger partial charge in [0.15, 0.2) is 0 Å². The predicted molar refractivity (Wildman–Crippen MR) is 61.3 cm³/mol. The number of hydrogen-bond donors (Lipinski definition) is 0. The van der Waals surface area contributed by atoms with Gasteiger partial charge >= 0.3 is 0 Å². The second-order valence-electron chi connectivity index (χ2n) is 6.31. The SMILES string of the molecule is CN1CCC2CCC(C)(C)CCC2C1. The van der Waals surface area contributed by atoms with Gasteiger partial charge in [0.1, 0.15) is 0 Å². The molecule has 2 fully saturated rings. The molecule has 1 heteroatoms. The first-order chi connectivity index (χ1) is 6.57. The van der Waals surface area contributed by atoms with Gasteiger partial charge < -0.3 is 4.90 Å². The van der Waals surface area contributed by atoms with Crippen LogP contribution in [0, 0.1) is 17.3 Å². The van der Waals surface area contributed by atoms with Crippen molar-refractivity contribution in [3.05, 3.63) is 0 Å². The molecule has 0 aromatic carbocycles. The Bertz CT molecular complexity index is 197. The Labute approximate surface area is 88.9 Å². The highest BCUT2D eigenvalue weighted by Gasteiger charge is 2.33. The van der Waals surface area contributed by atoms with Crippen molar-refractivity contribution in [2.75, 3.05) is 20.1 Å². The van der Waals surface area contributed by atoms with E-state index in [0.717, 1.165) is 11.8 Å². The lowest BCUT2D eigenvalue weighted by Crippen LogP contribution is -2.37. The Hall–Kier alpha value is -0.0400. The zero-order valence-corrected chi connectivity index (χ0v) is 10.1. The topological polar surface area (TPSA) is 3.24 Å². The fourth-order valence-corrected chi connectivity index (χ4v) is 3.25. The molecule has 0 amide bonds. The second kappa shape index (κ2) is 3.84. The Morgan fingerprint density at radius 1 is 1.00 bits per heavy atom. The molecule has 2 atom stereocenters. The molecule has 2 aliphatic rings. The van der Waals surface area contributed by atoms with Gasteiger partial charge in [0.25, 0.3) is 0 Å². The average molecular weight is 195 g/mol. The van der Waals surface area contributed by atoms with Crippen molar-refractivity contribution < 1.29 is 0 Å². The molecule has 1 heterocycles. The average Bonchev–Trinajstić information content (AvgIpc) is 2.26. The van der Waals surface area contributed by atoms with Crippen molar-refractivity contribution in [1.29, 1.82) is 0 Å². The van der Waals surface area contributed by atoms with Crippen molar-refractivity contribution in [3.63, 3.8) is 0 Å². The third-order valence-electron chi connectivity index (χ3n) is 4.48. The van der Waals surface area contributed by atoms with E-state index in [4.69, 9.17) is 0 Å². The maximum Gasteiger partial charge on any atom is 0.000927 e. The van der Waals surface area contributed by atoms with Gasteiger partial charge in [-0.05, 0) is 62.9 Å². The lowest BCUT2D eigenvalue weighted by Gasteiger charge is -2.35. The number of piperidine rings is 1. The Balaban J connectivity index is 1.99. The minimum Gasteiger partial charge on any atom is -0.306 e. The minimum absolute atomic E-state index is 0.621. The Morgan fingerprint density at radius 2 is 1.64 bits per heavy atom. The first-order valence-electron chi connectivity index (χ1n) is 6.25. The van der Waals surface area contributed by atoms with Crippen LogP contribution in [-0.2, 0) is 0 Å². The van der Waals surface area contributed by atoms with Gasteiger partial charge in [0.05, 0.1) is 0 Å². The second-order valence-corrected chi connectivity index (χ2v) is 6.31. The number of fused-ring (bicyclic) bond motifs is 1. The summed E-state index contributed by atoms with van der Waals surface area (Å²) in [6.45, 7) is 7.60. The first-order valence-corrected chi connectivity index (χ1v) is 6.25. The van der Waals surface area contributed by atoms with Gasteiger partial charge in [0, 0.05) is 6.54 Å². The summed E-state index contributed by atoms with van der Waals surface area (Å²) in [5, 5.41) is 0. The summed E-state index contributed by atoms with van der Waals surface area (Å²) in [4.78, 5) is 2.53. The quantitative estimate of drug-likeness (QED) is 0.574. The van der Waals surface area contributed by atoms with Crippen LogP contribution in [0.1, 0.15) is 46.0 Å². The molecule has 1 saturated carbocycles. The van der Waals surface area contributed by atoms with Crippen molar-refractivity contribution in [1.82, 2.24) is 4.90 Å². The van der Waals surface area contributed by atoms with Gasteiger partial charge in [-0.15, -0.1) is 0 Å². The van der Waals surface area contributed by atoms with E-state index in [9.17, 15) is 0 Å². The van der Waals surface area contributed by atoms with Gasteiger partial charge in [0.2, 0.25) is 0 Å². The lowest BCUT2D eigenvalue weighted by molar-refractivity contribution is 0.136. The number of rotatable bonds is 0. The molecule has 2 unspecified atom stereocenters. The fraction of sp³-hybridized carbons (Fsp3) is 1.00. The van der Waals surface area contributed by atoms with Gasteiger partial charge in [-0.1, -0.05) is 13.8 Å². The number of hydrogen-bond acceptors (Lipinski definition) is 1. The van der Waals surface area contributed by atoms with Crippen LogP contribution < -0.4 is 0 Å². The van der Waals surface area contributed by atoms with E-state index in [2.05, 4.69) is 25.8 Å². The number of likely N-dealkylation sites (tertiary alicyclic amines) is 1. The summed E-state index contributed by atoms with van der Waals surface area (Å²) in [7, 11) is 2.28. The predicted octanol–water partition coefficient (Wildman–Crippen LogP) is 3.15. The van der Waals surface area contributed by atoms with Crippen LogP contribution in [0.15, 0.2) is 0 Å². The molecule has 0 aromatic rings. The van der Waals surface area contributed by atoms with E-state index in [1.165, 1.54) is 45.2 Å². The molecule has 1 aliphatic heterocycles. The summed E-state index contributed by atoms with van der Waals surface area (Å²) >= 11 is 0. The smallest absolute Gasteiger partial charge is 0.000927 e. The zero-order chi connectivity index (χ0) is 10.2. The maximum atomic E-state index is 2.53. The van der Waals surface area contributed by atoms with E-state index in [-0.39, 0.29) is 0 Å². The van der Waals surface area contributed by atoms with Crippen molar-refractivity contribution in [3.8, 4) is 0 Å². The molecule has 0 bridgehead atoms. The molecule has 1 aliphatic carbocycles. The molecule has 0 radical (unpaired) electrons. The maximum absolute atomic E-state index is 2.53. The van der Waals surface area contributed by atoms with Crippen molar-refractivity contribution >= 4 is 0 Å². The van der Waals surface area contributed by atoms with Crippen molar-refractivity contribution in [2.24, 2.45) is 17.3 Å². The molecule has 0 aromatic heterocycles. The molecular weight excluding hydrogens is 170 g/mol. The molecule has 82 valence electrons. The van der Waals surface area contributed by atoms with Crippen molar-refractivity contribution in [2.45, 2.75) is 46.0 Å². The van der Waals surface area contributed by atoms with Crippen LogP contribution in [0.4, 0.5) is 0 Å². The van der Waals surface area contributed by atoms with E-state index < -0.39 is 0 Å². The highest BCUT2D eigenvalue weighted by atomic mass is 15.1. The third-order valence-corrected chi connectivity index (χ3v) is 4.48. The Kier molecular flexibility index (Phi) is 2.88. The first kappa shape index (κ1) is 10.5. The largest absolute Gasteiger partial charge is 0.306 e. The standard InChI is InChI=1S/C13H25N/c1-13(2)7-4-11-6-9-14(3)10-12(11)5-8-13/h11-12H,4-10H2,1-3H3. The molecular formula is C13H25N. The lowest BCUT2D eigenvalue weighted by atomic mass is 9.82. The molecule has 14 heavy (non-hydrogen) atoms. The molecule has 1 nitrogen and oxygen atoms in total. The van der Waals surface area contributed by atoms with E-state index in [0.29, 0.717) is 5.41 Å². The van der Waals surface area contributed by atoms with E-state index >= 15 is 0 Å². The normalized spacial score (nSPS) is 38.8. The summed E-state index contributed by atoms with van der Waals surface area (Å²) in [6, 6.07) is 0. The van der Waals surface area contributed by atoms with E-state index in [1.807, 2.05) is 0 Å². The summed E-state index contributed by atoms with van der Waals surface area (Å²) in [5.74, 6) is 2.06. The van der Waals surface area contributed by atoms with Crippen LogP contribution in [0.3, 0.4) is 0 Å². The van der Waals surface area contributed by atoms with Gasteiger partial charge in [-0.25, -0.2) is 0 Å². The van der Waals surface area contributed by atoms with E-state index in [1.54, 1.807) is 0 Å². The number of nitrogens with zero attached hydrogens (tertiary/aromatic N) is 1.